The molecule has 0 fully saturated rings. The zero-order valence-electron chi connectivity index (χ0n) is 14.2. The van der Waals surface area contributed by atoms with Gasteiger partial charge < -0.3 is 5.73 Å². The van der Waals surface area contributed by atoms with Crippen LogP contribution < -0.4 is 5.73 Å². The Bertz CT molecular complexity index is 1280. The van der Waals surface area contributed by atoms with E-state index in [4.69, 9.17) is 5.73 Å². The Morgan fingerprint density at radius 1 is 0.963 bits per heavy atom. The number of nitrogen functional groups attached to an aromatic ring is 1. The predicted octanol–water partition coefficient (Wildman–Crippen LogP) is 2.47. The van der Waals surface area contributed by atoms with Gasteiger partial charge in [0, 0.05) is 28.5 Å². The van der Waals surface area contributed by atoms with Gasteiger partial charge in [0.1, 0.15) is 5.82 Å². The summed E-state index contributed by atoms with van der Waals surface area (Å²) in [5, 5.41) is 4.31. The van der Waals surface area contributed by atoms with Gasteiger partial charge in [0.25, 0.3) is 0 Å². The van der Waals surface area contributed by atoms with Crippen molar-refractivity contribution in [3.05, 3.63) is 66.1 Å². The monoisotopic (exact) mass is 377 g/mol. The molecule has 0 amide bonds. The molecular formula is C19H15N5O2S. The number of rotatable bonds is 2. The Kier molecular flexibility index (Phi) is 3.32. The molecule has 5 rings (SSSR count). The first kappa shape index (κ1) is 16.0. The van der Waals surface area contributed by atoms with Gasteiger partial charge in [-0.1, -0.05) is 36.4 Å². The van der Waals surface area contributed by atoms with Gasteiger partial charge in [0.2, 0.25) is 0 Å². The summed E-state index contributed by atoms with van der Waals surface area (Å²) in [7, 11) is -3.19. The highest BCUT2D eigenvalue weighted by Crippen LogP contribution is 2.32. The van der Waals surface area contributed by atoms with Crippen LogP contribution in [0.3, 0.4) is 0 Å². The Hall–Kier alpha value is -3.26. The van der Waals surface area contributed by atoms with Gasteiger partial charge >= 0.3 is 0 Å². The van der Waals surface area contributed by atoms with Crippen molar-refractivity contribution in [3.8, 4) is 22.4 Å². The molecule has 4 heterocycles. The number of nitrogens with zero attached hydrogens (tertiary/aromatic N) is 4. The van der Waals surface area contributed by atoms with Crippen LogP contribution in [0.4, 0.5) is 5.82 Å². The lowest BCUT2D eigenvalue weighted by Gasteiger charge is -2.06. The lowest BCUT2D eigenvalue weighted by Crippen LogP contribution is -2.06. The molecule has 7 nitrogen and oxygen atoms in total. The molecule has 134 valence electrons. The molecule has 0 unspecified atom stereocenters. The Morgan fingerprint density at radius 3 is 2.52 bits per heavy atom. The smallest absolute Gasteiger partial charge is 0.165 e. The summed E-state index contributed by atoms with van der Waals surface area (Å²) in [6, 6.07) is 13.8. The number of nitrogens with two attached hydrogens (primary N) is 1. The highest BCUT2D eigenvalue weighted by molar-refractivity contribution is 7.90. The average Bonchev–Trinajstić information content (AvgIpc) is 3.23. The third-order valence-electron chi connectivity index (χ3n) is 4.74. The van der Waals surface area contributed by atoms with Crippen LogP contribution in [-0.4, -0.2) is 28.0 Å². The van der Waals surface area contributed by atoms with E-state index in [1.807, 2.05) is 42.5 Å². The van der Waals surface area contributed by atoms with Crippen molar-refractivity contribution in [2.45, 2.75) is 11.5 Å². The molecule has 1 aromatic carbocycles. The summed E-state index contributed by atoms with van der Waals surface area (Å²) in [5.74, 6) is 0.162. The third-order valence-corrected chi connectivity index (χ3v) is 6.18. The molecular weight excluding hydrogens is 362 g/mol. The first-order chi connectivity index (χ1) is 13.0. The summed E-state index contributed by atoms with van der Waals surface area (Å²) in [4.78, 5) is 9.08. The first-order valence-corrected chi connectivity index (χ1v) is 10.2. The maximum Gasteiger partial charge on any atom is 0.165 e. The van der Waals surface area contributed by atoms with Crippen molar-refractivity contribution < 1.29 is 8.42 Å². The van der Waals surface area contributed by atoms with Crippen molar-refractivity contribution >= 4 is 21.3 Å². The van der Waals surface area contributed by atoms with Crippen LogP contribution in [-0.2, 0) is 21.3 Å². The van der Waals surface area contributed by atoms with Crippen LogP contribution in [0.25, 0.3) is 28.0 Å². The largest absolute Gasteiger partial charge is 0.383 e. The van der Waals surface area contributed by atoms with Crippen LogP contribution in [0, 0.1) is 0 Å². The summed E-state index contributed by atoms with van der Waals surface area (Å²) in [5.41, 5.74) is 11.3. The quantitative estimate of drug-likeness (QED) is 0.576. The van der Waals surface area contributed by atoms with E-state index in [9.17, 15) is 8.42 Å². The molecule has 0 radical (unpaired) electrons. The Morgan fingerprint density at radius 2 is 1.78 bits per heavy atom. The van der Waals surface area contributed by atoms with Gasteiger partial charge in [-0.05, 0) is 6.07 Å². The molecule has 1 aliphatic heterocycles. The molecule has 0 atom stereocenters. The molecule has 0 spiro atoms. The fourth-order valence-corrected chi connectivity index (χ4v) is 4.90. The van der Waals surface area contributed by atoms with Crippen LogP contribution >= 0.6 is 0 Å². The summed E-state index contributed by atoms with van der Waals surface area (Å²) in [6.07, 6.45) is 3.45. The molecule has 2 N–H and O–H groups in total. The van der Waals surface area contributed by atoms with Gasteiger partial charge in [-0.3, -0.25) is 4.98 Å². The molecule has 8 heteroatoms. The van der Waals surface area contributed by atoms with Crippen molar-refractivity contribution in [1.29, 1.82) is 0 Å². The third kappa shape index (κ3) is 2.57. The minimum absolute atomic E-state index is 0.0837. The fraction of sp³-hybridized carbons (Fsp3) is 0.105. The number of pyridine rings is 1. The van der Waals surface area contributed by atoms with Gasteiger partial charge in [-0.2, -0.15) is 9.61 Å². The molecule has 0 saturated heterocycles. The maximum absolute atomic E-state index is 11.9. The van der Waals surface area contributed by atoms with Gasteiger partial charge in [0.05, 0.1) is 29.1 Å². The number of hydrogen-bond donors (Lipinski definition) is 1. The highest BCUT2D eigenvalue weighted by Gasteiger charge is 2.30. The number of hydrogen-bond acceptors (Lipinski definition) is 6. The van der Waals surface area contributed by atoms with Crippen molar-refractivity contribution in [2.24, 2.45) is 0 Å². The van der Waals surface area contributed by atoms with Gasteiger partial charge in [-0.25, -0.2) is 13.4 Å². The van der Waals surface area contributed by atoms with E-state index < -0.39 is 9.84 Å². The van der Waals surface area contributed by atoms with E-state index >= 15 is 0 Å². The zero-order chi connectivity index (χ0) is 18.6. The first-order valence-electron chi connectivity index (χ1n) is 8.39. The fourth-order valence-electron chi connectivity index (χ4n) is 3.39. The van der Waals surface area contributed by atoms with Crippen LogP contribution in [0.1, 0.15) is 11.3 Å². The molecule has 27 heavy (non-hydrogen) atoms. The zero-order valence-corrected chi connectivity index (χ0v) is 15.0. The van der Waals surface area contributed by atoms with Crippen LogP contribution in [0.5, 0.6) is 0 Å². The van der Waals surface area contributed by atoms with E-state index in [0.717, 1.165) is 22.4 Å². The minimum Gasteiger partial charge on any atom is -0.383 e. The second-order valence-corrected chi connectivity index (χ2v) is 8.61. The van der Waals surface area contributed by atoms with E-state index in [0.29, 0.717) is 22.7 Å². The molecule has 0 bridgehead atoms. The number of aromatic nitrogens is 4. The predicted molar refractivity (Wildman–Crippen MR) is 102 cm³/mol. The molecule has 0 aliphatic carbocycles. The number of sulfone groups is 1. The number of fused-ring (bicyclic) bond motifs is 2. The van der Waals surface area contributed by atoms with E-state index in [1.165, 1.54) is 4.52 Å². The van der Waals surface area contributed by atoms with E-state index in [1.54, 1.807) is 12.4 Å². The topological polar surface area (TPSA) is 103 Å². The SMILES string of the molecule is Nc1c2c(nc3c(-c4ccc(-c5ccccc5)nc4)cnn13)CS(=O)(=O)C2. The summed E-state index contributed by atoms with van der Waals surface area (Å²) >= 11 is 0. The second kappa shape index (κ2) is 5.62. The van der Waals surface area contributed by atoms with Crippen molar-refractivity contribution in [1.82, 2.24) is 19.6 Å². The van der Waals surface area contributed by atoms with Crippen LogP contribution in [0.15, 0.2) is 54.9 Å². The van der Waals surface area contributed by atoms with Crippen LogP contribution in [0.2, 0.25) is 0 Å². The average molecular weight is 377 g/mol. The minimum atomic E-state index is -3.19. The van der Waals surface area contributed by atoms with Crippen molar-refractivity contribution in [3.63, 3.8) is 0 Å². The standard InChI is InChI=1S/C19H15N5O2S/c20-18-15-10-27(25,26)11-17(15)23-19-14(9-22-24(18)19)13-6-7-16(21-8-13)12-4-2-1-3-5-12/h1-9H,10-11,20H2. The Labute approximate surface area is 155 Å². The van der Waals surface area contributed by atoms with Gasteiger partial charge in [0.15, 0.2) is 15.5 Å². The lowest BCUT2D eigenvalue weighted by atomic mass is 10.1. The highest BCUT2D eigenvalue weighted by atomic mass is 32.2. The molecule has 4 aromatic rings. The maximum atomic E-state index is 11.9. The molecule has 1 aliphatic rings. The van der Waals surface area contributed by atoms with E-state index in [2.05, 4.69) is 15.1 Å². The number of benzene rings is 1. The summed E-state index contributed by atoms with van der Waals surface area (Å²) < 4.78 is 25.4. The second-order valence-electron chi connectivity index (χ2n) is 6.55. The Balaban J connectivity index is 1.61. The summed E-state index contributed by atoms with van der Waals surface area (Å²) in [6.45, 7) is 0. The molecule has 0 saturated carbocycles. The van der Waals surface area contributed by atoms with Crippen molar-refractivity contribution in [2.75, 3.05) is 5.73 Å². The number of anilines is 1. The van der Waals surface area contributed by atoms with E-state index in [-0.39, 0.29) is 11.5 Å². The normalized spacial score (nSPS) is 15.1. The van der Waals surface area contributed by atoms with Gasteiger partial charge in [-0.15, -0.1) is 0 Å². The lowest BCUT2D eigenvalue weighted by molar-refractivity contribution is 0.598. The molecule has 3 aromatic heterocycles.